The van der Waals surface area contributed by atoms with Gasteiger partial charge in [-0.15, -0.1) is 0 Å². The average Bonchev–Trinajstić information content (AvgIpc) is 2.69. The van der Waals surface area contributed by atoms with Gasteiger partial charge in [-0.25, -0.2) is 4.79 Å². The number of imidazole rings is 1. The van der Waals surface area contributed by atoms with Crippen LogP contribution in [0, 0.1) is 0 Å². The maximum atomic E-state index is 12.0. The second-order valence-corrected chi connectivity index (χ2v) is 3.99. The van der Waals surface area contributed by atoms with Gasteiger partial charge in [0.2, 0.25) is 0 Å². The van der Waals surface area contributed by atoms with Gasteiger partial charge in [-0.2, -0.15) is 18.2 Å². The van der Waals surface area contributed by atoms with Crippen LogP contribution in [-0.4, -0.2) is 42.5 Å². The normalized spacial score (nSPS) is 11.3. The SMILES string of the molecule is COC(=O)c1c(NCCCC(F)(F)F)nc(OC)n1C. The number of hydrogen-bond acceptors (Lipinski definition) is 5. The molecule has 0 unspecified atom stereocenters. The predicted octanol–water partition coefficient (Wildman–Crippen LogP) is 1.97. The van der Waals surface area contributed by atoms with Gasteiger partial charge in [-0.3, -0.25) is 4.57 Å². The van der Waals surface area contributed by atoms with E-state index in [0.29, 0.717) is 0 Å². The summed E-state index contributed by atoms with van der Waals surface area (Å²) in [5.41, 5.74) is 0.0939. The highest BCUT2D eigenvalue weighted by Crippen LogP contribution is 2.23. The number of hydrogen-bond donors (Lipinski definition) is 1. The molecule has 0 amide bonds. The third kappa shape index (κ3) is 4.04. The maximum Gasteiger partial charge on any atom is 0.389 e. The van der Waals surface area contributed by atoms with Crippen molar-refractivity contribution < 1.29 is 27.4 Å². The van der Waals surface area contributed by atoms with Gasteiger partial charge in [-0.05, 0) is 6.42 Å². The summed E-state index contributed by atoms with van der Waals surface area (Å²) < 4.78 is 47.0. The van der Waals surface area contributed by atoms with Crippen LogP contribution in [0.3, 0.4) is 0 Å². The first kappa shape index (κ1) is 16.1. The quantitative estimate of drug-likeness (QED) is 0.642. The van der Waals surface area contributed by atoms with E-state index < -0.39 is 18.6 Å². The van der Waals surface area contributed by atoms with E-state index in [1.54, 1.807) is 7.05 Å². The number of anilines is 1. The molecule has 0 saturated carbocycles. The van der Waals surface area contributed by atoms with Crippen molar-refractivity contribution in [2.45, 2.75) is 19.0 Å². The third-order valence-electron chi connectivity index (χ3n) is 2.54. The number of ether oxygens (including phenoxy) is 2. The summed E-state index contributed by atoms with van der Waals surface area (Å²) in [4.78, 5) is 15.6. The van der Waals surface area contributed by atoms with Crippen molar-refractivity contribution in [3.63, 3.8) is 0 Å². The Bertz CT molecular complexity index is 471. The van der Waals surface area contributed by atoms with Crippen molar-refractivity contribution in [1.29, 1.82) is 0 Å². The molecule has 1 rings (SSSR count). The van der Waals surface area contributed by atoms with Crippen molar-refractivity contribution in [3.8, 4) is 6.01 Å². The zero-order valence-electron chi connectivity index (χ0n) is 11.4. The van der Waals surface area contributed by atoms with Gasteiger partial charge in [0, 0.05) is 20.0 Å². The molecule has 114 valence electrons. The highest BCUT2D eigenvalue weighted by atomic mass is 19.4. The number of carbonyl (C=O) groups is 1. The third-order valence-corrected chi connectivity index (χ3v) is 2.54. The van der Waals surface area contributed by atoms with Gasteiger partial charge in [0.1, 0.15) is 0 Å². The van der Waals surface area contributed by atoms with Crippen LogP contribution < -0.4 is 10.1 Å². The number of halogens is 3. The Labute approximate surface area is 113 Å². The summed E-state index contributed by atoms with van der Waals surface area (Å²) in [7, 11) is 4.12. The molecule has 0 saturated heterocycles. The Kier molecular flexibility index (Phi) is 5.23. The lowest BCUT2D eigenvalue weighted by Gasteiger charge is -2.08. The van der Waals surface area contributed by atoms with Crippen LogP contribution in [0.2, 0.25) is 0 Å². The number of aromatic nitrogens is 2. The van der Waals surface area contributed by atoms with Crippen LogP contribution in [0.25, 0.3) is 0 Å². The molecular formula is C11H16F3N3O3. The van der Waals surface area contributed by atoms with Crippen molar-refractivity contribution in [3.05, 3.63) is 5.69 Å². The molecule has 1 N–H and O–H groups in total. The van der Waals surface area contributed by atoms with E-state index in [1.165, 1.54) is 18.8 Å². The summed E-state index contributed by atoms with van der Waals surface area (Å²) in [6.07, 6.45) is -5.23. The topological polar surface area (TPSA) is 65.4 Å². The monoisotopic (exact) mass is 295 g/mol. The zero-order chi connectivity index (χ0) is 15.3. The van der Waals surface area contributed by atoms with Crippen LogP contribution in [0.1, 0.15) is 23.3 Å². The number of carbonyl (C=O) groups excluding carboxylic acids is 1. The van der Waals surface area contributed by atoms with E-state index >= 15 is 0 Å². The second-order valence-electron chi connectivity index (χ2n) is 3.99. The number of rotatable bonds is 6. The van der Waals surface area contributed by atoms with Crippen LogP contribution in [0.15, 0.2) is 0 Å². The van der Waals surface area contributed by atoms with Gasteiger partial charge < -0.3 is 14.8 Å². The first-order valence-electron chi connectivity index (χ1n) is 5.79. The second kappa shape index (κ2) is 6.49. The lowest BCUT2D eigenvalue weighted by molar-refractivity contribution is -0.134. The zero-order valence-corrected chi connectivity index (χ0v) is 11.4. The first-order chi connectivity index (χ1) is 9.30. The molecule has 0 aromatic carbocycles. The Morgan fingerprint density at radius 1 is 1.40 bits per heavy atom. The average molecular weight is 295 g/mol. The molecule has 0 aliphatic carbocycles. The fourth-order valence-electron chi connectivity index (χ4n) is 1.61. The molecular weight excluding hydrogens is 279 g/mol. The Morgan fingerprint density at radius 3 is 2.55 bits per heavy atom. The van der Waals surface area contributed by atoms with Gasteiger partial charge >= 0.3 is 12.1 Å². The summed E-state index contributed by atoms with van der Waals surface area (Å²) in [5, 5.41) is 2.68. The lowest BCUT2D eigenvalue weighted by atomic mass is 10.3. The van der Waals surface area contributed by atoms with Crippen LogP contribution in [0.4, 0.5) is 19.0 Å². The minimum Gasteiger partial charge on any atom is -0.468 e. The summed E-state index contributed by atoms with van der Waals surface area (Å²) in [6.45, 7) is 0.0314. The van der Waals surface area contributed by atoms with Gasteiger partial charge in [0.25, 0.3) is 6.01 Å². The summed E-state index contributed by atoms with van der Waals surface area (Å²) in [5.74, 6) is -0.514. The van der Waals surface area contributed by atoms with Crippen LogP contribution >= 0.6 is 0 Å². The molecule has 0 bridgehead atoms. The number of alkyl halides is 3. The fourth-order valence-corrected chi connectivity index (χ4v) is 1.61. The highest BCUT2D eigenvalue weighted by molar-refractivity contribution is 5.93. The van der Waals surface area contributed by atoms with E-state index in [4.69, 9.17) is 4.74 Å². The van der Waals surface area contributed by atoms with Gasteiger partial charge in [0.05, 0.1) is 14.2 Å². The minimum atomic E-state index is -4.20. The van der Waals surface area contributed by atoms with Crippen molar-refractivity contribution in [1.82, 2.24) is 9.55 Å². The van der Waals surface area contributed by atoms with Crippen LogP contribution in [-0.2, 0) is 11.8 Å². The van der Waals surface area contributed by atoms with E-state index in [2.05, 4.69) is 15.0 Å². The van der Waals surface area contributed by atoms with E-state index in [1.807, 2.05) is 0 Å². The summed E-state index contributed by atoms with van der Waals surface area (Å²) in [6, 6.07) is 0.156. The highest BCUT2D eigenvalue weighted by Gasteiger charge is 2.26. The number of methoxy groups -OCH3 is 2. The number of nitrogens with zero attached hydrogens (tertiary/aromatic N) is 2. The molecule has 0 fully saturated rings. The van der Waals surface area contributed by atoms with Crippen LogP contribution in [0.5, 0.6) is 6.01 Å². The molecule has 0 radical (unpaired) electrons. The van der Waals surface area contributed by atoms with Gasteiger partial charge in [0.15, 0.2) is 11.5 Å². The van der Waals surface area contributed by atoms with Crippen molar-refractivity contribution in [2.24, 2.45) is 7.05 Å². The largest absolute Gasteiger partial charge is 0.468 e. The standard InChI is InChI=1S/C11H16F3N3O3/c1-17-7(9(18)19-2)8(16-10(17)20-3)15-6-4-5-11(12,13)14/h15H,4-6H2,1-3H3. The van der Waals surface area contributed by atoms with E-state index in [-0.39, 0.29) is 30.5 Å². The van der Waals surface area contributed by atoms with Crippen molar-refractivity contribution >= 4 is 11.8 Å². The van der Waals surface area contributed by atoms with E-state index in [0.717, 1.165) is 0 Å². The smallest absolute Gasteiger partial charge is 0.389 e. The predicted molar refractivity (Wildman–Crippen MR) is 64.9 cm³/mol. The molecule has 0 spiro atoms. The fraction of sp³-hybridized carbons (Fsp3) is 0.636. The van der Waals surface area contributed by atoms with E-state index in [9.17, 15) is 18.0 Å². The maximum absolute atomic E-state index is 12.0. The number of esters is 1. The molecule has 0 atom stereocenters. The first-order valence-corrected chi connectivity index (χ1v) is 5.79. The molecule has 9 heteroatoms. The molecule has 0 aliphatic rings. The molecule has 0 aliphatic heterocycles. The molecule has 1 aromatic rings. The Hall–Kier alpha value is -1.93. The molecule has 6 nitrogen and oxygen atoms in total. The Morgan fingerprint density at radius 2 is 2.05 bits per heavy atom. The Balaban J connectivity index is 2.76. The molecule has 1 aromatic heterocycles. The molecule has 20 heavy (non-hydrogen) atoms. The lowest BCUT2D eigenvalue weighted by Crippen LogP contribution is -2.14. The number of nitrogens with one attached hydrogen (secondary N) is 1. The molecule has 1 heterocycles. The van der Waals surface area contributed by atoms with Crippen molar-refractivity contribution in [2.75, 3.05) is 26.1 Å². The van der Waals surface area contributed by atoms with Gasteiger partial charge in [-0.1, -0.05) is 0 Å². The summed E-state index contributed by atoms with van der Waals surface area (Å²) >= 11 is 0. The minimum absolute atomic E-state index is 0.0314.